The zero-order valence-corrected chi connectivity index (χ0v) is 9.30. The molecule has 0 spiro atoms. The molecule has 1 fully saturated rings. The lowest BCUT2D eigenvalue weighted by atomic mass is 9.82. The second kappa shape index (κ2) is 4.95. The number of benzene rings is 1. The smallest absolute Gasteiger partial charge is 0.123 e. The average Bonchev–Trinajstić information content (AvgIpc) is 2.30. The normalized spacial score (nSPS) is 26.5. The molecular formula is C12H15ClFN. The average molecular weight is 228 g/mol. The molecule has 0 saturated carbocycles. The van der Waals surface area contributed by atoms with Crippen molar-refractivity contribution in [2.45, 2.75) is 12.3 Å². The van der Waals surface area contributed by atoms with E-state index in [-0.39, 0.29) is 5.82 Å². The standard InChI is InChI=1S/C12H15ClFN/c13-7-10-8-15-6-5-12(10)9-1-3-11(14)4-2-9/h1-4,10,12,15H,5-8H2/t10-,12+/m1/s1. The molecule has 3 heteroatoms. The maximum Gasteiger partial charge on any atom is 0.123 e. The minimum atomic E-state index is -0.171. The van der Waals surface area contributed by atoms with Crippen LogP contribution in [0.4, 0.5) is 4.39 Å². The minimum Gasteiger partial charge on any atom is -0.316 e. The van der Waals surface area contributed by atoms with Crippen LogP contribution >= 0.6 is 11.6 Å². The minimum absolute atomic E-state index is 0.171. The molecule has 1 saturated heterocycles. The SMILES string of the molecule is Fc1ccc([C@@H]2CCNC[C@H]2CCl)cc1. The fraction of sp³-hybridized carbons (Fsp3) is 0.500. The summed E-state index contributed by atoms with van der Waals surface area (Å²) in [6.07, 6.45) is 1.09. The Bertz CT molecular complexity index is 312. The second-order valence-electron chi connectivity index (χ2n) is 4.07. The highest BCUT2D eigenvalue weighted by molar-refractivity contribution is 6.18. The molecule has 0 aromatic heterocycles. The first-order valence-electron chi connectivity index (χ1n) is 5.33. The van der Waals surface area contributed by atoms with Gasteiger partial charge in [0.05, 0.1) is 0 Å². The largest absolute Gasteiger partial charge is 0.316 e. The highest BCUT2D eigenvalue weighted by Crippen LogP contribution is 2.30. The summed E-state index contributed by atoms with van der Waals surface area (Å²) in [5, 5.41) is 3.34. The van der Waals surface area contributed by atoms with E-state index in [0.717, 1.165) is 19.5 Å². The van der Waals surface area contributed by atoms with Gasteiger partial charge in [-0.3, -0.25) is 0 Å². The van der Waals surface area contributed by atoms with Gasteiger partial charge in [-0.25, -0.2) is 4.39 Å². The zero-order chi connectivity index (χ0) is 10.7. The third-order valence-electron chi connectivity index (χ3n) is 3.10. The number of nitrogens with one attached hydrogen (secondary N) is 1. The van der Waals surface area contributed by atoms with Crippen molar-refractivity contribution in [3.63, 3.8) is 0 Å². The summed E-state index contributed by atoms with van der Waals surface area (Å²) in [7, 11) is 0. The monoisotopic (exact) mass is 227 g/mol. The van der Waals surface area contributed by atoms with Gasteiger partial charge in [-0.05, 0) is 49.0 Å². The Hall–Kier alpha value is -0.600. The first kappa shape index (κ1) is 10.9. The highest BCUT2D eigenvalue weighted by atomic mass is 35.5. The third-order valence-corrected chi connectivity index (χ3v) is 3.50. The summed E-state index contributed by atoms with van der Waals surface area (Å²) in [6.45, 7) is 1.99. The van der Waals surface area contributed by atoms with Crippen LogP contribution in [0.3, 0.4) is 0 Å². The van der Waals surface area contributed by atoms with Crippen LogP contribution in [0.1, 0.15) is 17.9 Å². The van der Waals surface area contributed by atoms with Crippen LogP contribution < -0.4 is 5.32 Å². The van der Waals surface area contributed by atoms with Crippen LogP contribution in [0.5, 0.6) is 0 Å². The van der Waals surface area contributed by atoms with E-state index < -0.39 is 0 Å². The van der Waals surface area contributed by atoms with E-state index in [0.29, 0.717) is 17.7 Å². The van der Waals surface area contributed by atoms with Gasteiger partial charge < -0.3 is 5.32 Å². The predicted octanol–water partition coefficient (Wildman–Crippen LogP) is 2.76. The second-order valence-corrected chi connectivity index (χ2v) is 4.37. The van der Waals surface area contributed by atoms with Gasteiger partial charge in [0.2, 0.25) is 0 Å². The molecule has 0 radical (unpaired) electrons. The molecule has 2 atom stereocenters. The van der Waals surface area contributed by atoms with E-state index in [1.165, 1.54) is 17.7 Å². The topological polar surface area (TPSA) is 12.0 Å². The van der Waals surface area contributed by atoms with Crippen molar-refractivity contribution < 1.29 is 4.39 Å². The summed E-state index contributed by atoms with van der Waals surface area (Å²) in [5.41, 5.74) is 1.21. The number of halogens is 2. The van der Waals surface area contributed by atoms with Crippen molar-refractivity contribution in [2.24, 2.45) is 5.92 Å². The number of rotatable bonds is 2. The lowest BCUT2D eigenvalue weighted by Gasteiger charge is -2.31. The molecule has 0 unspecified atom stereocenters. The Balaban J connectivity index is 2.16. The van der Waals surface area contributed by atoms with E-state index >= 15 is 0 Å². The predicted molar refractivity (Wildman–Crippen MR) is 60.8 cm³/mol. The molecule has 1 aliphatic rings. The Kier molecular flexibility index (Phi) is 3.60. The molecule has 0 amide bonds. The van der Waals surface area contributed by atoms with Gasteiger partial charge in [0.15, 0.2) is 0 Å². The molecule has 1 aliphatic heterocycles. The lowest BCUT2D eigenvalue weighted by Crippen LogP contribution is -2.36. The fourth-order valence-electron chi connectivity index (χ4n) is 2.23. The summed E-state index contributed by atoms with van der Waals surface area (Å²) in [5.74, 6) is 1.43. The van der Waals surface area contributed by atoms with Crippen LogP contribution in [0.25, 0.3) is 0 Å². The molecule has 1 N–H and O–H groups in total. The van der Waals surface area contributed by atoms with Crippen LogP contribution in [0.2, 0.25) is 0 Å². The van der Waals surface area contributed by atoms with E-state index in [1.54, 1.807) is 0 Å². The number of hydrogen-bond acceptors (Lipinski definition) is 1. The van der Waals surface area contributed by atoms with E-state index in [1.807, 2.05) is 12.1 Å². The lowest BCUT2D eigenvalue weighted by molar-refractivity contribution is 0.353. The maximum absolute atomic E-state index is 12.8. The molecule has 15 heavy (non-hydrogen) atoms. The quantitative estimate of drug-likeness (QED) is 0.767. The zero-order valence-electron chi connectivity index (χ0n) is 8.55. The Morgan fingerprint density at radius 3 is 2.73 bits per heavy atom. The van der Waals surface area contributed by atoms with Gasteiger partial charge >= 0.3 is 0 Å². The number of piperidine rings is 1. The van der Waals surface area contributed by atoms with Gasteiger partial charge in [-0.15, -0.1) is 11.6 Å². The van der Waals surface area contributed by atoms with Gasteiger partial charge in [-0.1, -0.05) is 12.1 Å². The Morgan fingerprint density at radius 2 is 2.07 bits per heavy atom. The molecule has 1 aromatic carbocycles. The van der Waals surface area contributed by atoms with Crippen molar-refractivity contribution >= 4 is 11.6 Å². The summed E-state index contributed by atoms with van der Waals surface area (Å²) in [6, 6.07) is 6.82. The maximum atomic E-state index is 12.8. The first-order valence-corrected chi connectivity index (χ1v) is 5.87. The molecule has 0 bridgehead atoms. The number of alkyl halides is 1. The molecular weight excluding hydrogens is 213 g/mol. The summed E-state index contributed by atoms with van der Waals surface area (Å²) in [4.78, 5) is 0. The van der Waals surface area contributed by atoms with Crippen LogP contribution in [0.15, 0.2) is 24.3 Å². The highest BCUT2D eigenvalue weighted by Gasteiger charge is 2.25. The number of hydrogen-bond donors (Lipinski definition) is 1. The van der Waals surface area contributed by atoms with E-state index in [4.69, 9.17) is 11.6 Å². The first-order chi connectivity index (χ1) is 7.31. The summed E-state index contributed by atoms with van der Waals surface area (Å²) < 4.78 is 12.8. The molecule has 1 heterocycles. The van der Waals surface area contributed by atoms with Gasteiger partial charge in [0, 0.05) is 5.88 Å². The third kappa shape index (κ3) is 2.50. The molecule has 1 aromatic rings. The fourth-order valence-corrected chi connectivity index (χ4v) is 2.56. The van der Waals surface area contributed by atoms with E-state index in [2.05, 4.69) is 5.32 Å². The molecule has 1 nitrogen and oxygen atoms in total. The molecule has 2 rings (SSSR count). The van der Waals surface area contributed by atoms with E-state index in [9.17, 15) is 4.39 Å². The Morgan fingerprint density at radius 1 is 1.33 bits per heavy atom. The van der Waals surface area contributed by atoms with Gasteiger partial charge in [0.1, 0.15) is 5.82 Å². The van der Waals surface area contributed by atoms with Crippen LogP contribution in [0, 0.1) is 11.7 Å². The van der Waals surface area contributed by atoms with Crippen molar-refractivity contribution in [3.05, 3.63) is 35.6 Å². The van der Waals surface area contributed by atoms with Crippen molar-refractivity contribution in [2.75, 3.05) is 19.0 Å². The van der Waals surface area contributed by atoms with Gasteiger partial charge in [0.25, 0.3) is 0 Å². The Labute approximate surface area is 94.6 Å². The van der Waals surface area contributed by atoms with Crippen molar-refractivity contribution in [3.8, 4) is 0 Å². The van der Waals surface area contributed by atoms with Gasteiger partial charge in [-0.2, -0.15) is 0 Å². The van der Waals surface area contributed by atoms with Crippen molar-refractivity contribution in [1.29, 1.82) is 0 Å². The summed E-state index contributed by atoms with van der Waals surface area (Å²) >= 11 is 5.94. The van der Waals surface area contributed by atoms with Crippen LogP contribution in [-0.2, 0) is 0 Å². The van der Waals surface area contributed by atoms with Crippen molar-refractivity contribution in [1.82, 2.24) is 5.32 Å². The molecule has 0 aliphatic carbocycles. The van der Waals surface area contributed by atoms with Crippen LogP contribution in [-0.4, -0.2) is 19.0 Å². The molecule has 82 valence electrons.